The molecular formula is C37H49N5O8. The second kappa shape index (κ2) is 13.5. The largest absolute Gasteiger partial charge is 0.465 e. The Balaban J connectivity index is 2.78. The number of pyridine rings is 1. The average molecular weight is 692 g/mol. The Kier molecular flexibility index (Phi) is 10.6. The number of anilines is 4. The lowest BCUT2D eigenvalue weighted by molar-refractivity contribution is 0.208. The summed E-state index contributed by atoms with van der Waals surface area (Å²) >= 11 is 0. The molecule has 270 valence electrons. The first-order chi connectivity index (χ1) is 22.6. The minimum absolute atomic E-state index is 0.140. The summed E-state index contributed by atoms with van der Waals surface area (Å²) in [5, 5.41) is 48.7. The zero-order valence-corrected chi connectivity index (χ0v) is 30.8. The number of aromatic nitrogens is 1. The summed E-state index contributed by atoms with van der Waals surface area (Å²) in [5.41, 5.74) is 2.65. The van der Waals surface area contributed by atoms with E-state index in [9.17, 15) is 39.6 Å². The van der Waals surface area contributed by atoms with E-state index in [1.165, 1.54) is 6.07 Å². The molecule has 0 aliphatic carbocycles. The molecule has 0 bridgehead atoms. The van der Waals surface area contributed by atoms with Gasteiger partial charge >= 0.3 is 24.4 Å². The van der Waals surface area contributed by atoms with Gasteiger partial charge in [0.1, 0.15) is 0 Å². The van der Waals surface area contributed by atoms with Crippen LogP contribution in [-0.4, -0.2) is 49.8 Å². The fourth-order valence-electron chi connectivity index (χ4n) is 6.28. The lowest BCUT2D eigenvalue weighted by Crippen LogP contribution is -2.29. The van der Waals surface area contributed by atoms with Crippen molar-refractivity contribution in [3.8, 4) is 22.4 Å². The van der Waals surface area contributed by atoms with Crippen LogP contribution in [0, 0.1) is 0 Å². The number of nitrogens with zero attached hydrogens (tertiary/aromatic N) is 1. The molecule has 13 heteroatoms. The molecule has 1 aromatic heterocycles. The van der Waals surface area contributed by atoms with E-state index in [2.05, 4.69) is 21.3 Å². The van der Waals surface area contributed by atoms with Gasteiger partial charge < -0.3 is 20.4 Å². The summed E-state index contributed by atoms with van der Waals surface area (Å²) in [5.74, 6) is 0. The summed E-state index contributed by atoms with van der Waals surface area (Å²) in [4.78, 5) is 53.1. The van der Waals surface area contributed by atoms with Gasteiger partial charge in [-0.1, -0.05) is 89.2 Å². The smallest absolute Gasteiger partial charge is 0.409 e. The molecule has 50 heavy (non-hydrogen) atoms. The van der Waals surface area contributed by atoms with Crippen LogP contribution in [0.4, 0.5) is 41.9 Å². The molecule has 1 heterocycles. The van der Waals surface area contributed by atoms with Crippen molar-refractivity contribution in [2.24, 2.45) is 0 Å². The van der Waals surface area contributed by atoms with Gasteiger partial charge in [0, 0.05) is 39.0 Å². The number of hydrogen-bond donors (Lipinski definition) is 8. The van der Waals surface area contributed by atoms with Crippen LogP contribution in [0.1, 0.15) is 105 Å². The van der Waals surface area contributed by atoms with Gasteiger partial charge in [-0.3, -0.25) is 26.3 Å². The predicted molar refractivity (Wildman–Crippen MR) is 196 cm³/mol. The maximum absolute atomic E-state index is 12.4. The third-order valence-corrected chi connectivity index (χ3v) is 7.87. The number of rotatable bonds is 6. The van der Waals surface area contributed by atoms with E-state index in [1.54, 1.807) is 24.3 Å². The molecule has 0 unspecified atom stereocenters. The highest BCUT2D eigenvalue weighted by molar-refractivity contribution is 5.99. The minimum atomic E-state index is -1.34. The molecule has 0 saturated carbocycles. The van der Waals surface area contributed by atoms with Crippen molar-refractivity contribution in [3.63, 3.8) is 0 Å². The van der Waals surface area contributed by atoms with Crippen molar-refractivity contribution in [1.82, 2.24) is 4.98 Å². The maximum atomic E-state index is 12.4. The van der Waals surface area contributed by atoms with Gasteiger partial charge in [0.25, 0.3) is 0 Å². The number of amides is 4. The Morgan fingerprint density at radius 3 is 1.42 bits per heavy atom. The Bertz CT molecular complexity index is 1860. The van der Waals surface area contributed by atoms with E-state index in [-0.39, 0.29) is 22.7 Å². The highest BCUT2D eigenvalue weighted by Gasteiger charge is 2.39. The molecule has 3 aromatic rings. The lowest BCUT2D eigenvalue weighted by Gasteiger charge is -2.38. The summed E-state index contributed by atoms with van der Waals surface area (Å²) in [6.45, 7) is 23.6. The highest BCUT2D eigenvalue weighted by Crippen LogP contribution is 2.52. The standard InChI is InChI=1S/C37H49N5O8/c1-34(2,3)24-21(39-31(45)46)16-15-20(27(24)42-33(49)50)28-26(36(7,8)9)25(35(4,5)6)23(29(41-28)37(10,11)12)19-14-13-18(38-30(43)44)17-22(19)40-32(47)48/h13-17,38-40,42H,1-12H3,(H,43,44)(H,45,46)(H,47,48)(H,49,50). The second-order valence-electron chi connectivity index (χ2n) is 16.3. The molecule has 13 nitrogen and oxygen atoms in total. The molecule has 0 aliphatic rings. The molecule has 0 spiro atoms. The van der Waals surface area contributed by atoms with Gasteiger partial charge in [0.15, 0.2) is 0 Å². The summed E-state index contributed by atoms with van der Waals surface area (Å²) in [7, 11) is 0. The second-order valence-corrected chi connectivity index (χ2v) is 16.3. The van der Waals surface area contributed by atoms with E-state index >= 15 is 0 Å². The third kappa shape index (κ3) is 8.63. The molecule has 2 aromatic carbocycles. The molecule has 4 amide bonds. The Morgan fingerprint density at radius 1 is 0.520 bits per heavy atom. The van der Waals surface area contributed by atoms with Crippen LogP contribution in [0.3, 0.4) is 0 Å². The monoisotopic (exact) mass is 691 g/mol. The average Bonchev–Trinajstić information content (AvgIpc) is 2.89. The number of hydrogen-bond acceptors (Lipinski definition) is 5. The summed E-state index contributed by atoms with van der Waals surface area (Å²) in [6, 6.07) is 7.89. The van der Waals surface area contributed by atoms with Gasteiger partial charge in [-0.25, -0.2) is 19.2 Å². The molecule has 0 aliphatic heterocycles. The molecule has 0 fully saturated rings. The van der Waals surface area contributed by atoms with E-state index < -0.39 is 46.0 Å². The molecular weight excluding hydrogens is 642 g/mol. The Hall–Kier alpha value is -5.33. The van der Waals surface area contributed by atoms with Gasteiger partial charge in [-0.15, -0.1) is 0 Å². The van der Waals surface area contributed by atoms with Crippen molar-refractivity contribution in [3.05, 3.63) is 52.7 Å². The molecule has 3 rings (SSSR count). The first-order valence-electron chi connectivity index (χ1n) is 16.1. The molecule has 0 saturated heterocycles. The van der Waals surface area contributed by atoms with Crippen LogP contribution < -0.4 is 21.3 Å². The van der Waals surface area contributed by atoms with Gasteiger partial charge in [0.2, 0.25) is 0 Å². The van der Waals surface area contributed by atoms with Crippen molar-refractivity contribution in [2.75, 3.05) is 21.3 Å². The fourth-order valence-corrected chi connectivity index (χ4v) is 6.28. The van der Waals surface area contributed by atoms with Crippen LogP contribution in [-0.2, 0) is 21.7 Å². The van der Waals surface area contributed by atoms with Gasteiger partial charge in [-0.2, -0.15) is 0 Å². The van der Waals surface area contributed by atoms with Crippen molar-refractivity contribution >= 4 is 47.1 Å². The maximum Gasteiger partial charge on any atom is 0.409 e. The van der Waals surface area contributed by atoms with Crippen molar-refractivity contribution in [2.45, 2.75) is 105 Å². The summed E-state index contributed by atoms with van der Waals surface area (Å²) < 4.78 is 0. The fraction of sp³-hybridized carbons (Fsp3) is 0.432. The van der Waals surface area contributed by atoms with Crippen LogP contribution in [0.5, 0.6) is 0 Å². The van der Waals surface area contributed by atoms with Crippen LogP contribution >= 0.6 is 0 Å². The van der Waals surface area contributed by atoms with Crippen molar-refractivity contribution in [1.29, 1.82) is 0 Å². The number of benzene rings is 2. The topological polar surface area (TPSA) is 210 Å². The molecule has 0 radical (unpaired) electrons. The highest BCUT2D eigenvalue weighted by atomic mass is 16.4. The number of nitrogens with one attached hydrogen (secondary N) is 4. The van der Waals surface area contributed by atoms with Crippen LogP contribution in [0.15, 0.2) is 30.3 Å². The first kappa shape index (κ1) is 39.1. The zero-order chi connectivity index (χ0) is 38.3. The quantitative estimate of drug-likeness (QED) is 0.123. The van der Waals surface area contributed by atoms with E-state index in [1.807, 2.05) is 83.1 Å². The lowest BCUT2D eigenvalue weighted by atomic mass is 9.68. The Morgan fingerprint density at radius 2 is 0.980 bits per heavy atom. The molecule has 8 N–H and O–H groups in total. The number of carbonyl (C=O) groups is 4. The van der Waals surface area contributed by atoms with Crippen molar-refractivity contribution < 1.29 is 39.6 Å². The van der Waals surface area contributed by atoms with E-state index in [4.69, 9.17) is 4.98 Å². The number of carboxylic acid groups (broad SMARTS) is 4. The SMILES string of the molecule is CC(C)(C)c1nc(-c2ccc(NC(=O)O)c(C(C)(C)C)c2NC(=O)O)c(C(C)(C)C)c(C(C)(C)C)c1-c1ccc(NC(=O)O)cc1NC(=O)O. The van der Waals surface area contributed by atoms with E-state index in [0.717, 1.165) is 11.1 Å². The predicted octanol–water partition coefficient (Wildman–Crippen LogP) is 9.97. The first-order valence-corrected chi connectivity index (χ1v) is 16.1. The molecule has 0 atom stereocenters. The minimum Gasteiger partial charge on any atom is -0.465 e. The van der Waals surface area contributed by atoms with Gasteiger partial charge in [0.05, 0.1) is 22.8 Å². The van der Waals surface area contributed by atoms with Gasteiger partial charge in [-0.05, 0) is 51.6 Å². The third-order valence-electron chi connectivity index (χ3n) is 7.87. The van der Waals surface area contributed by atoms with Crippen LogP contribution in [0.25, 0.3) is 22.4 Å². The normalized spacial score (nSPS) is 12.2. The van der Waals surface area contributed by atoms with Crippen LogP contribution in [0.2, 0.25) is 0 Å². The summed E-state index contributed by atoms with van der Waals surface area (Å²) in [6.07, 6.45) is -5.30. The Labute approximate surface area is 292 Å². The van der Waals surface area contributed by atoms with E-state index in [0.29, 0.717) is 33.6 Å². The zero-order valence-electron chi connectivity index (χ0n) is 30.8.